The van der Waals surface area contributed by atoms with E-state index in [-0.39, 0.29) is 0 Å². The Kier molecular flexibility index (Phi) is 3.99. The Balaban J connectivity index is 1.46. The molecule has 4 heterocycles. The van der Waals surface area contributed by atoms with Crippen LogP contribution in [0.2, 0.25) is 0 Å². The Morgan fingerprint density at radius 3 is 2.85 bits per heavy atom. The van der Waals surface area contributed by atoms with Gasteiger partial charge < -0.3 is 0 Å². The van der Waals surface area contributed by atoms with Gasteiger partial charge in [0, 0.05) is 36.6 Å². The minimum absolute atomic E-state index is 0.482. The molecule has 5 nitrogen and oxygen atoms in total. The highest BCUT2D eigenvalue weighted by Crippen LogP contribution is 2.37. The molecule has 3 aromatic rings. The number of hydrogen-bond acceptors (Lipinski definition) is 4. The first kappa shape index (κ1) is 16.2. The zero-order valence-electron chi connectivity index (χ0n) is 15.1. The first-order valence-electron chi connectivity index (χ1n) is 9.56. The van der Waals surface area contributed by atoms with Crippen molar-refractivity contribution >= 4 is 11.2 Å². The lowest BCUT2D eigenvalue weighted by molar-refractivity contribution is 0.0951. The molecule has 2 bridgehead atoms. The molecule has 0 amide bonds. The summed E-state index contributed by atoms with van der Waals surface area (Å²) in [6.07, 6.45) is 12.7. The first-order valence-corrected chi connectivity index (χ1v) is 9.56. The SMILES string of the molecule is N#Cc1cnn2cc(C3=CC4CCCC(C3)N4Cc3ccccc3)cnc12. The van der Waals surface area contributed by atoms with Crippen molar-refractivity contribution in [3.63, 3.8) is 0 Å². The normalized spacial score (nSPS) is 22.4. The van der Waals surface area contributed by atoms with Crippen LogP contribution in [0.3, 0.4) is 0 Å². The van der Waals surface area contributed by atoms with E-state index in [1.165, 1.54) is 30.4 Å². The monoisotopic (exact) mass is 355 g/mol. The van der Waals surface area contributed by atoms with E-state index < -0.39 is 0 Å². The fraction of sp³-hybridized carbons (Fsp3) is 0.318. The van der Waals surface area contributed by atoms with Crippen LogP contribution in [0.25, 0.3) is 11.2 Å². The molecular formula is C22H21N5. The van der Waals surface area contributed by atoms with Gasteiger partial charge in [0.1, 0.15) is 11.6 Å². The van der Waals surface area contributed by atoms with Crippen molar-refractivity contribution < 1.29 is 0 Å². The standard InChI is InChI=1S/C22H21N5/c23-11-18-13-25-27-15-19(12-24-22(18)27)17-9-20-7-4-8-21(10-17)26(20)14-16-5-2-1-3-6-16/h1-3,5-6,9,12-13,15,20-21H,4,7-8,10,14H2. The van der Waals surface area contributed by atoms with Crippen LogP contribution >= 0.6 is 0 Å². The molecule has 2 atom stereocenters. The number of aromatic nitrogens is 3. The fourth-order valence-electron chi connectivity index (χ4n) is 4.49. The number of hydrogen-bond donors (Lipinski definition) is 0. The van der Waals surface area contributed by atoms with E-state index in [1.807, 2.05) is 12.4 Å². The van der Waals surface area contributed by atoms with Crippen molar-refractivity contribution in [3.8, 4) is 6.07 Å². The molecule has 5 rings (SSSR count). The smallest absolute Gasteiger partial charge is 0.172 e. The van der Waals surface area contributed by atoms with Crippen LogP contribution in [0.4, 0.5) is 0 Å². The van der Waals surface area contributed by atoms with Crippen molar-refractivity contribution in [1.29, 1.82) is 5.26 Å². The highest BCUT2D eigenvalue weighted by molar-refractivity contribution is 5.68. The Morgan fingerprint density at radius 1 is 1.15 bits per heavy atom. The number of fused-ring (bicyclic) bond motifs is 3. The van der Waals surface area contributed by atoms with E-state index in [0.29, 0.717) is 23.3 Å². The van der Waals surface area contributed by atoms with Crippen LogP contribution in [0.1, 0.15) is 42.4 Å². The van der Waals surface area contributed by atoms with E-state index in [1.54, 1.807) is 10.7 Å². The molecule has 134 valence electrons. The summed E-state index contributed by atoms with van der Waals surface area (Å²) in [7, 11) is 0. The van der Waals surface area contributed by atoms with E-state index in [9.17, 15) is 0 Å². The van der Waals surface area contributed by atoms with Crippen molar-refractivity contribution in [3.05, 3.63) is 71.7 Å². The average Bonchev–Trinajstić information content (AvgIpc) is 3.11. The summed E-state index contributed by atoms with van der Waals surface area (Å²) >= 11 is 0. The van der Waals surface area contributed by atoms with Crippen molar-refractivity contribution in [2.24, 2.45) is 0 Å². The molecular weight excluding hydrogens is 334 g/mol. The van der Waals surface area contributed by atoms with Gasteiger partial charge in [0.2, 0.25) is 0 Å². The Labute approximate surface area is 158 Å². The third-order valence-electron chi connectivity index (χ3n) is 5.84. The van der Waals surface area contributed by atoms with Gasteiger partial charge in [-0.05, 0) is 30.4 Å². The summed E-state index contributed by atoms with van der Waals surface area (Å²) in [4.78, 5) is 7.15. The quantitative estimate of drug-likeness (QED) is 0.717. The number of nitrogens with zero attached hydrogens (tertiary/aromatic N) is 5. The van der Waals surface area contributed by atoms with Gasteiger partial charge in [0.15, 0.2) is 5.65 Å². The molecule has 2 unspecified atom stereocenters. The highest BCUT2D eigenvalue weighted by Gasteiger charge is 2.34. The second kappa shape index (κ2) is 6.64. The van der Waals surface area contributed by atoms with Crippen LogP contribution < -0.4 is 0 Å². The van der Waals surface area contributed by atoms with Crippen LogP contribution in [0.5, 0.6) is 0 Å². The van der Waals surface area contributed by atoms with Crippen molar-refractivity contribution in [2.75, 3.05) is 0 Å². The first-order chi connectivity index (χ1) is 13.3. The number of benzene rings is 1. The fourth-order valence-corrected chi connectivity index (χ4v) is 4.49. The summed E-state index contributed by atoms with van der Waals surface area (Å²) in [5, 5.41) is 13.4. The van der Waals surface area contributed by atoms with Gasteiger partial charge in [-0.3, -0.25) is 4.90 Å². The molecule has 2 aliphatic rings. The zero-order chi connectivity index (χ0) is 18.2. The molecule has 0 spiro atoms. The van der Waals surface area contributed by atoms with Gasteiger partial charge in [-0.2, -0.15) is 10.4 Å². The number of rotatable bonds is 3. The van der Waals surface area contributed by atoms with Gasteiger partial charge in [0.25, 0.3) is 0 Å². The minimum atomic E-state index is 0.482. The van der Waals surface area contributed by atoms with Gasteiger partial charge >= 0.3 is 0 Å². The lowest BCUT2D eigenvalue weighted by atomic mass is 9.83. The van der Waals surface area contributed by atoms with Gasteiger partial charge in [-0.15, -0.1) is 0 Å². The largest absolute Gasteiger partial charge is 0.289 e. The number of piperidine rings is 1. The van der Waals surface area contributed by atoms with Gasteiger partial charge in [-0.1, -0.05) is 42.8 Å². The predicted molar refractivity (Wildman–Crippen MR) is 104 cm³/mol. The minimum Gasteiger partial charge on any atom is -0.289 e. The molecule has 2 aliphatic heterocycles. The third kappa shape index (κ3) is 2.92. The molecule has 27 heavy (non-hydrogen) atoms. The van der Waals surface area contributed by atoms with E-state index >= 15 is 0 Å². The Hall–Kier alpha value is -2.97. The summed E-state index contributed by atoms with van der Waals surface area (Å²) in [5.41, 5.74) is 5.01. The van der Waals surface area contributed by atoms with E-state index in [4.69, 9.17) is 5.26 Å². The van der Waals surface area contributed by atoms with Crippen LogP contribution in [0.15, 0.2) is 55.0 Å². The second-order valence-electron chi connectivity index (χ2n) is 7.49. The summed E-state index contributed by atoms with van der Waals surface area (Å²) < 4.78 is 1.72. The number of nitriles is 1. The molecule has 5 heteroatoms. The van der Waals surface area contributed by atoms with Gasteiger partial charge in [0.05, 0.1) is 6.20 Å². The molecule has 0 radical (unpaired) electrons. The van der Waals surface area contributed by atoms with Crippen molar-refractivity contribution in [1.82, 2.24) is 19.5 Å². The maximum absolute atomic E-state index is 9.14. The third-order valence-corrected chi connectivity index (χ3v) is 5.84. The van der Waals surface area contributed by atoms with Gasteiger partial charge in [-0.25, -0.2) is 9.50 Å². The topological polar surface area (TPSA) is 57.2 Å². The summed E-state index contributed by atoms with van der Waals surface area (Å²) in [5.74, 6) is 0. The van der Waals surface area contributed by atoms with Crippen LogP contribution in [-0.4, -0.2) is 31.6 Å². The molecule has 2 aromatic heterocycles. The maximum Gasteiger partial charge on any atom is 0.172 e. The molecule has 1 saturated heterocycles. The molecule has 0 N–H and O–H groups in total. The lowest BCUT2D eigenvalue weighted by Gasteiger charge is -2.45. The van der Waals surface area contributed by atoms with Crippen LogP contribution in [-0.2, 0) is 6.54 Å². The maximum atomic E-state index is 9.14. The molecule has 0 saturated carbocycles. The van der Waals surface area contributed by atoms with E-state index in [0.717, 1.165) is 18.5 Å². The Morgan fingerprint density at radius 2 is 2.04 bits per heavy atom. The van der Waals surface area contributed by atoms with Crippen molar-refractivity contribution in [2.45, 2.75) is 44.3 Å². The van der Waals surface area contributed by atoms with E-state index in [2.05, 4.69) is 57.5 Å². The Bertz CT molecular complexity index is 1040. The summed E-state index contributed by atoms with van der Waals surface area (Å²) in [6.45, 7) is 1.02. The molecule has 1 aromatic carbocycles. The summed E-state index contributed by atoms with van der Waals surface area (Å²) in [6, 6.07) is 14.0. The average molecular weight is 355 g/mol. The molecule has 1 fully saturated rings. The lowest BCUT2D eigenvalue weighted by Crippen LogP contribution is -2.47. The predicted octanol–water partition coefficient (Wildman–Crippen LogP) is 3.81. The van der Waals surface area contributed by atoms with Crippen LogP contribution in [0, 0.1) is 11.3 Å². The zero-order valence-corrected chi connectivity index (χ0v) is 15.1. The second-order valence-corrected chi connectivity index (χ2v) is 7.49. The highest BCUT2D eigenvalue weighted by atomic mass is 15.2. The molecule has 0 aliphatic carbocycles.